The molecule has 3 rings (SSSR count). The fourth-order valence-electron chi connectivity index (χ4n) is 3.41. The summed E-state index contributed by atoms with van der Waals surface area (Å²) in [5, 5.41) is 3.38. The average molecular weight is 281 g/mol. The number of aryl methyl sites for hydroxylation is 1. The lowest BCUT2D eigenvalue weighted by atomic mass is 9.75. The topological polar surface area (TPSA) is 37.8 Å². The molecule has 0 amide bonds. The lowest BCUT2D eigenvalue weighted by Gasteiger charge is -2.31. The Hall–Kier alpha value is -1.74. The van der Waals surface area contributed by atoms with Gasteiger partial charge in [0.2, 0.25) is 0 Å². The summed E-state index contributed by atoms with van der Waals surface area (Å²) in [7, 11) is 0. The number of aromatic nitrogens is 2. The molecule has 0 bridgehead atoms. The fraction of sp³-hybridized carbons (Fsp3) is 0.444. The van der Waals surface area contributed by atoms with Gasteiger partial charge in [-0.1, -0.05) is 44.2 Å². The van der Waals surface area contributed by atoms with Crippen LogP contribution in [-0.2, 0) is 18.5 Å². The van der Waals surface area contributed by atoms with E-state index in [1.165, 1.54) is 16.8 Å². The molecule has 1 aromatic carbocycles. The Bertz CT molecular complexity index is 630. The quantitative estimate of drug-likeness (QED) is 0.932. The summed E-state index contributed by atoms with van der Waals surface area (Å²) in [6.07, 6.45) is 2.03. The molecular weight excluding hydrogens is 258 g/mol. The van der Waals surface area contributed by atoms with Crippen molar-refractivity contribution in [1.82, 2.24) is 15.3 Å². The van der Waals surface area contributed by atoms with Gasteiger partial charge in [0.25, 0.3) is 0 Å². The normalized spacial score (nSPS) is 14.2. The molecule has 1 aliphatic rings. The lowest BCUT2D eigenvalue weighted by molar-refractivity contribution is 0.446. The van der Waals surface area contributed by atoms with Crippen LogP contribution in [0, 0.1) is 6.92 Å². The van der Waals surface area contributed by atoms with E-state index in [1.807, 2.05) is 0 Å². The van der Waals surface area contributed by atoms with Crippen molar-refractivity contribution >= 4 is 0 Å². The van der Waals surface area contributed by atoms with Crippen LogP contribution in [0.25, 0.3) is 0 Å². The highest BCUT2D eigenvalue weighted by molar-refractivity contribution is 5.36. The number of nitrogens with one attached hydrogen (secondary N) is 1. The summed E-state index contributed by atoms with van der Waals surface area (Å²) in [5.41, 5.74) is 4.83. The van der Waals surface area contributed by atoms with Gasteiger partial charge in [-0.2, -0.15) is 0 Å². The first-order valence-corrected chi connectivity index (χ1v) is 7.84. The third-order valence-corrected chi connectivity index (χ3v) is 4.86. The van der Waals surface area contributed by atoms with Gasteiger partial charge in [0.1, 0.15) is 5.82 Å². The minimum Gasteiger partial charge on any atom is -0.307 e. The van der Waals surface area contributed by atoms with Gasteiger partial charge in [-0.05, 0) is 25.3 Å². The zero-order valence-corrected chi connectivity index (χ0v) is 13.1. The minimum atomic E-state index is -0.0797. The second-order valence-electron chi connectivity index (χ2n) is 5.82. The molecule has 1 N–H and O–H groups in total. The van der Waals surface area contributed by atoms with Crippen LogP contribution in [0.4, 0.5) is 0 Å². The van der Waals surface area contributed by atoms with E-state index in [1.54, 1.807) is 0 Å². The van der Waals surface area contributed by atoms with E-state index in [0.717, 1.165) is 37.4 Å². The Balaban J connectivity index is 2.17. The first-order valence-electron chi connectivity index (χ1n) is 7.84. The van der Waals surface area contributed by atoms with E-state index in [4.69, 9.17) is 9.97 Å². The summed E-state index contributed by atoms with van der Waals surface area (Å²) >= 11 is 0. The Morgan fingerprint density at radius 1 is 1.05 bits per heavy atom. The first-order chi connectivity index (χ1) is 10.2. The van der Waals surface area contributed by atoms with Crippen molar-refractivity contribution in [3.05, 3.63) is 58.7 Å². The molecule has 0 saturated heterocycles. The van der Waals surface area contributed by atoms with E-state index in [2.05, 4.69) is 56.4 Å². The van der Waals surface area contributed by atoms with Crippen LogP contribution in [0.15, 0.2) is 30.3 Å². The first kappa shape index (κ1) is 14.2. The molecule has 0 spiro atoms. The van der Waals surface area contributed by atoms with Crippen LogP contribution in [0.5, 0.6) is 0 Å². The largest absolute Gasteiger partial charge is 0.307 e. The van der Waals surface area contributed by atoms with Crippen LogP contribution < -0.4 is 5.32 Å². The van der Waals surface area contributed by atoms with Gasteiger partial charge < -0.3 is 5.32 Å². The Labute approximate surface area is 126 Å². The zero-order chi connectivity index (χ0) is 14.9. The standard InChI is InChI=1S/C18H23N3/c1-4-18(5-2,14-9-7-6-8-10-14)17-20-13(3)15-11-19-12-16(15)21-17/h6-10,19H,4-5,11-12H2,1-3H3. The summed E-state index contributed by atoms with van der Waals surface area (Å²) in [5.74, 6) is 0.985. The highest BCUT2D eigenvalue weighted by Crippen LogP contribution is 2.37. The Morgan fingerprint density at radius 3 is 2.43 bits per heavy atom. The third kappa shape index (κ3) is 2.26. The Kier molecular flexibility index (Phi) is 3.77. The Morgan fingerprint density at radius 2 is 1.76 bits per heavy atom. The second kappa shape index (κ2) is 5.57. The van der Waals surface area contributed by atoms with Gasteiger partial charge in [-0.3, -0.25) is 0 Å². The molecule has 1 aromatic heterocycles. The summed E-state index contributed by atoms with van der Waals surface area (Å²) in [6, 6.07) is 10.7. The zero-order valence-electron chi connectivity index (χ0n) is 13.1. The van der Waals surface area contributed by atoms with Crippen molar-refractivity contribution in [3.8, 4) is 0 Å². The van der Waals surface area contributed by atoms with Crippen molar-refractivity contribution in [2.75, 3.05) is 0 Å². The summed E-state index contributed by atoms with van der Waals surface area (Å²) in [4.78, 5) is 9.82. The number of fused-ring (bicyclic) bond motifs is 1. The molecule has 2 aromatic rings. The maximum absolute atomic E-state index is 4.93. The fourth-order valence-corrected chi connectivity index (χ4v) is 3.41. The predicted molar refractivity (Wildman–Crippen MR) is 85.1 cm³/mol. The third-order valence-electron chi connectivity index (χ3n) is 4.86. The smallest absolute Gasteiger partial charge is 0.139 e. The highest BCUT2D eigenvalue weighted by atomic mass is 15.0. The molecule has 0 atom stereocenters. The van der Waals surface area contributed by atoms with Crippen LogP contribution in [0.1, 0.15) is 55.0 Å². The molecule has 110 valence electrons. The number of nitrogens with zero attached hydrogens (tertiary/aromatic N) is 2. The highest BCUT2D eigenvalue weighted by Gasteiger charge is 2.35. The molecule has 0 saturated carbocycles. The van der Waals surface area contributed by atoms with Gasteiger partial charge in [-0.15, -0.1) is 0 Å². The van der Waals surface area contributed by atoms with E-state index < -0.39 is 0 Å². The van der Waals surface area contributed by atoms with E-state index in [-0.39, 0.29) is 5.41 Å². The van der Waals surface area contributed by atoms with Crippen LogP contribution >= 0.6 is 0 Å². The van der Waals surface area contributed by atoms with Crippen molar-refractivity contribution in [2.45, 2.75) is 52.1 Å². The molecule has 3 nitrogen and oxygen atoms in total. The molecule has 0 radical (unpaired) electrons. The molecule has 2 heterocycles. The predicted octanol–water partition coefficient (Wildman–Crippen LogP) is 3.49. The molecule has 0 aliphatic carbocycles. The maximum atomic E-state index is 4.93. The van der Waals surface area contributed by atoms with Crippen LogP contribution in [0.2, 0.25) is 0 Å². The van der Waals surface area contributed by atoms with Gasteiger partial charge in [0, 0.05) is 24.3 Å². The second-order valence-corrected chi connectivity index (χ2v) is 5.82. The number of benzene rings is 1. The average Bonchev–Trinajstić information content (AvgIpc) is 2.99. The minimum absolute atomic E-state index is 0.0797. The molecular formula is C18H23N3. The van der Waals surface area contributed by atoms with Crippen molar-refractivity contribution in [3.63, 3.8) is 0 Å². The maximum Gasteiger partial charge on any atom is 0.139 e. The van der Waals surface area contributed by atoms with Gasteiger partial charge in [0.05, 0.1) is 11.1 Å². The van der Waals surface area contributed by atoms with Crippen LogP contribution in [0.3, 0.4) is 0 Å². The van der Waals surface area contributed by atoms with Gasteiger partial charge >= 0.3 is 0 Å². The van der Waals surface area contributed by atoms with Gasteiger partial charge in [0.15, 0.2) is 0 Å². The van der Waals surface area contributed by atoms with Crippen molar-refractivity contribution < 1.29 is 0 Å². The van der Waals surface area contributed by atoms with E-state index in [9.17, 15) is 0 Å². The summed E-state index contributed by atoms with van der Waals surface area (Å²) < 4.78 is 0. The molecule has 3 heteroatoms. The molecule has 0 unspecified atom stereocenters. The van der Waals surface area contributed by atoms with Crippen molar-refractivity contribution in [2.24, 2.45) is 0 Å². The SMILES string of the molecule is CCC(CC)(c1ccccc1)c1nc(C)c2c(n1)CNC2. The molecule has 0 fully saturated rings. The van der Waals surface area contributed by atoms with Gasteiger partial charge in [-0.25, -0.2) is 9.97 Å². The van der Waals surface area contributed by atoms with Crippen molar-refractivity contribution in [1.29, 1.82) is 0 Å². The van der Waals surface area contributed by atoms with Crippen LogP contribution in [-0.4, -0.2) is 9.97 Å². The summed E-state index contributed by atoms with van der Waals surface area (Å²) in [6.45, 7) is 8.35. The lowest BCUT2D eigenvalue weighted by Crippen LogP contribution is -2.29. The van der Waals surface area contributed by atoms with E-state index >= 15 is 0 Å². The number of hydrogen-bond acceptors (Lipinski definition) is 3. The molecule has 21 heavy (non-hydrogen) atoms. The number of hydrogen-bond donors (Lipinski definition) is 1. The molecule has 1 aliphatic heterocycles. The number of rotatable bonds is 4. The monoisotopic (exact) mass is 281 g/mol. The van der Waals surface area contributed by atoms with E-state index in [0.29, 0.717) is 0 Å².